The average molecular weight is 232 g/mol. The second-order valence-electron chi connectivity index (χ2n) is 3.71. The lowest BCUT2D eigenvalue weighted by molar-refractivity contribution is 0.247. The third kappa shape index (κ3) is 4.34. The fourth-order valence-corrected chi connectivity index (χ4v) is 3.12. The Morgan fingerprint density at radius 3 is 2.33 bits per heavy atom. The Bertz CT molecular complexity index is 261. The lowest BCUT2D eigenvalue weighted by atomic mass is 10.4. The molecular formula is C10H21N2O2P. The normalized spacial score (nSPS) is 15.3. The van der Waals surface area contributed by atoms with Crippen LogP contribution in [0.4, 0.5) is 0 Å². The van der Waals surface area contributed by atoms with E-state index in [0.717, 1.165) is 12.8 Å². The van der Waals surface area contributed by atoms with E-state index in [0.29, 0.717) is 13.2 Å². The van der Waals surface area contributed by atoms with E-state index >= 15 is 0 Å². The largest absolute Gasteiger partial charge is 0.371 e. The maximum absolute atomic E-state index is 12.2. The Kier molecular flexibility index (Phi) is 6.84. The van der Waals surface area contributed by atoms with Crippen molar-refractivity contribution in [3.05, 3.63) is 0 Å². The van der Waals surface area contributed by atoms with Gasteiger partial charge in [-0.15, -0.1) is 0 Å². The lowest BCUT2D eigenvalue weighted by Crippen LogP contribution is -2.29. The standard InChI is InChI=1S/C10H21N2O2P/c1-5-7-12(10(3)4)15(13,9-11)14-8-6-2/h10H,5-8H2,1-4H3. The Balaban J connectivity index is 4.72. The van der Waals surface area contributed by atoms with Crippen LogP contribution in [-0.2, 0) is 9.09 Å². The van der Waals surface area contributed by atoms with Crippen LogP contribution in [0.15, 0.2) is 0 Å². The fourth-order valence-electron chi connectivity index (χ4n) is 1.30. The van der Waals surface area contributed by atoms with Crippen LogP contribution >= 0.6 is 7.52 Å². The Morgan fingerprint density at radius 2 is 2.00 bits per heavy atom. The zero-order chi connectivity index (χ0) is 11.9. The molecule has 88 valence electrons. The molecule has 0 aliphatic rings. The van der Waals surface area contributed by atoms with Crippen LogP contribution in [0.2, 0.25) is 0 Å². The highest BCUT2D eigenvalue weighted by Gasteiger charge is 2.33. The molecule has 4 nitrogen and oxygen atoms in total. The number of hydrogen-bond acceptors (Lipinski definition) is 3. The average Bonchev–Trinajstić information content (AvgIpc) is 2.22. The predicted octanol–water partition coefficient (Wildman–Crippen LogP) is 3.21. The molecule has 1 atom stereocenters. The number of nitriles is 1. The molecule has 0 aliphatic heterocycles. The van der Waals surface area contributed by atoms with Crippen molar-refractivity contribution in [2.45, 2.75) is 46.6 Å². The SMILES string of the molecule is CCCOP(=O)(C#N)N(CCC)C(C)C. The quantitative estimate of drug-likeness (QED) is 0.632. The van der Waals surface area contributed by atoms with E-state index in [2.05, 4.69) is 0 Å². The summed E-state index contributed by atoms with van der Waals surface area (Å²) in [6, 6.07) is 0.0623. The first-order chi connectivity index (χ1) is 7.01. The van der Waals surface area contributed by atoms with E-state index in [4.69, 9.17) is 9.79 Å². The van der Waals surface area contributed by atoms with Crippen LogP contribution in [0.25, 0.3) is 0 Å². The molecule has 0 heterocycles. The second-order valence-corrected chi connectivity index (χ2v) is 5.72. The Hall–Kier alpha value is -0.360. The minimum absolute atomic E-state index is 0.0623. The predicted molar refractivity (Wildman–Crippen MR) is 61.6 cm³/mol. The van der Waals surface area contributed by atoms with Gasteiger partial charge in [0, 0.05) is 12.6 Å². The molecule has 0 bridgehead atoms. The first-order valence-electron chi connectivity index (χ1n) is 5.44. The summed E-state index contributed by atoms with van der Waals surface area (Å²) in [6.07, 6.45) is 1.63. The van der Waals surface area contributed by atoms with Crippen molar-refractivity contribution >= 4 is 7.52 Å². The molecule has 0 N–H and O–H groups in total. The highest BCUT2D eigenvalue weighted by atomic mass is 31.2. The summed E-state index contributed by atoms with van der Waals surface area (Å²) in [5.41, 5.74) is 0. The van der Waals surface area contributed by atoms with Gasteiger partial charge in [0.2, 0.25) is 0 Å². The van der Waals surface area contributed by atoms with Gasteiger partial charge in [0.15, 0.2) is 5.81 Å². The Morgan fingerprint density at radius 1 is 1.40 bits per heavy atom. The highest BCUT2D eigenvalue weighted by Crippen LogP contribution is 2.50. The molecular weight excluding hydrogens is 211 g/mol. The van der Waals surface area contributed by atoms with Gasteiger partial charge in [0.05, 0.1) is 6.61 Å². The van der Waals surface area contributed by atoms with Crippen LogP contribution in [0, 0.1) is 11.1 Å². The van der Waals surface area contributed by atoms with Gasteiger partial charge in [-0.3, -0.25) is 4.57 Å². The summed E-state index contributed by atoms with van der Waals surface area (Å²) in [6.45, 7) is 8.78. The topological polar surface area (TPSA) is 53.3 Å². The molecule has 0 fully saturated rings. The molecule has 0 saturated heterocycles. The van der Waals surface area contributed by atoms with E-state index in [-0.39, 0.29) is 6.04 Å². The molecule has 15 heavy (non-hydrogen) atoms. The fraction of sp³-hybridized carbons (Fsp3) is 0.900. The smallest absolute Gasteiger partial charge is 0.307 e. The van der Waals surface area contributed by atoms with Crippen molar-refractivity contribution < 1.29 is 9.09 Å². The van der Waals surface area contributed by atoms with Crippen LogP contribution in [0.3, 0.4) is 0 Å². The number of hydrogen-bond donors (Lipinski definition) is 0. The van der Waals surface area contributed by atoms with E-state index in [1.165, 1.54) is 0 Å². The van der Waals surface area contributed by atoms with Gasteiger partial charge in [0.1, 0.15) is 0 Å². The van der Waals surface area contributed by atoms with Gasteiger partial charge in [0.25, 0.3) is 0 Å². The van der Waals surface area contributed by atoms with Crippen LogP contribution in [-0.4, -0.2) is 23.9 Å². The summed E-state index contributed by atoms with van der Waals surface area (Å²) < 4.78 is 19.1. The lowest BCUT2D eigenvalue weighted by Gasteiger charge is -2.29. The highest BCUT2D eigenvalue weighted by molar-refractivity contribution is 7.61. The van der Waals surface area contributed by atoms with Gasteiger partial charge in [-0.05, 0) is 26.7 Å². The summed E-state index contributed by atoms with van der Waals surface area (Å²) in [4.78, 5) is 0. The second kappa shape index (κ2) is 7.00. The first kappa shape index (κ1) is 14.6. The summed E-state index contributed by atoms with van der Waals surface area (Å²) >= 11 is 0. The van der Waals surface area contributed by atoms with E-state index < -0.39 is 7.52 Å². The summed E-state index contributed by atoms with van der Waals surface area (Å²) in [5, 5.41) is 8.98. The van der Waals surface area contributed by atoms with Gasteiger partial charge in [-0.2, -0.15) is 5.26 Å². The maximum atomic E-state index is 12.2. The van der Waals surface area contributed by atoms with Crippen molar-refractivity contribution in [1.82, 2.24) is 4.67 Å². The Labute approximate surface area is 92.7 Å². The molecule has 0 saturated carbocycles. The zero-order valence-corrected chi connectivity index (χ0v) is 11.0. The molecule has 0 aromatic heterocycles. The van der Waals surface area contributed by atoms with Crippen molar-refractivity contribution in [2.24, 2.45) is 0 Å². The van der Waals surface area contributed by atoms with Crippen LogP contribution < -0.4 is 0 Å². The van der Waals surface area contributed by atoms with Gasteiger partial charge in [-0.1, -0.05) is 13.8 Å². The summed E-state index contributed by atoms with van der Waals surface area (Å²) in [5.74, 6) is 1.84. The molecule has 0 aromatic carbocycles. The third-order valence-corrected chi connectivity index (χ3v) is 4.11. The van der Waals surface area contributed by atoms with E-state index in [9.17, 15) is 4.57 Å². The van der Waals surface area contributed by atoms with Crippen molar-refractivity contribution in [3.8, 4) is 5.81 Å². The van der Waals surface area contributed by atoms with Gasteiger partial charge < -0.3 is 4.52 Å². The molecule has 0 amide bonds. The summed E-state index contributed by atoms with van der Waals surface area (Å²) in [7, 11) is -3.26. The number of rotatable bonds is 7. The van der Waals surface area contributed by atoms with Crippen molar-refractivity contribution in [3.63, 3.8) is 0 Å². The molecule has 0 spiro atoms. The van der Waals surface area contributed by atoms with E-state index in [1.54, 1.807) is 4.67 Å². The molecule has 1 unspecified atom stereocenters. The maximum Gasteiger partial charge on any atom is 0.371 e. The van der Waals surface area contributed by atoms with Crippen molar-refractivity contribution in [1.29, 1.82) is 5.26 Å². The minimum Gasteiger partial charge on any atom is -0.307 e. The molecule has 0 radical (unpaired) electrons. The number of nitrogens with zero attached hydrogens (tertiary/aromatic N) is 2. The van der Waals surface area contributed by atoms with E-state index in [1.807, 2.05) is 33.5 Å². The third-order valence-electron chi connectivity index (χ3n) is 1.98. The van der Waals surface area contributed by atoms with Crippen LogP contribution in [0.5, 0.6) is 0 Å². The first-order valence-corrected chi connectivity index (χ1v) is 7.02. The monoisotopic (exact) mass is 232 g/mol. The molecule has 0 aromatic rings. The van der Waals surface area contributed by atoms with Crippen molar-refractivity contribution in [2.75, 3.05) is 13.2 Å². The van der Waals surface area contributed by atoms with Gasteiger partial charge >= 0.3 is 7.52 Å². The van der Waals surface area contributed by atoms with Crippen LogP contribution in [0.1, 0.15) is 40.5 Å². The molecule has 5 heteroatoms. The minimum atomic E-state index is -3.26. The zero-order valence-electron chi connectivity index (χ0n) is 10.1. The molecule has 0 aliphatic carbocycles. The molecule has 0 rings (SSSR count). The van der Waals surface area contributed by atoms with Gasteiger partial charge in [-0.25, -0.2) is 4.67 Å².